The molecule has 22 heavy (non-hydrogen) atoms. The van der Waals surface area contributed by atoms with Crippen molar-refractivity contribution in [3.05, 3.63) is 34.7 Å². The van der Waals surface area contributed by atoms with Gasteiger partial charge >= 0.3 is 5.69 Å². The van der Waals surface area contributed by atoms with Gasteiger partial charge in [0.15, 0.2) is 0 Å². The highest BCUT2D eigenvalue weighted by Gasteiger charge is 2.29. The van der Waals surface area contributed by atoms with E-state index in [1.54, 1.807) is 0 Å². The third-order valence-electron chi connectivity index (χ3n) is 4.45. The third kappa shape index (κ3) is 2.66. The molecule has 6 heteroatoms. The maximum absolute atomic E-state index is 12.7. The Morgan fingerprint density at radius 3 is 2.95 bits per heavy atom. The number of H-pyrrole nitrogens is 1. The van der Waals surface area contributed by atoms with Gasteiger partial charge in [-0.25, -0.2) is 4.79 Å². The molecule has 0 aliphatic carbocycles. The number of benzene rings is 1. The van der Waals surface area contributed by atoms with Gasteiger partial charge in [0.05, 0.1) is 11.0 Å². The predicted molar refractivity (Wildman–Crippen MR) is 85.6 cm³/mol. The lowest BCUT2D eigenvalue weighted by Crippen LogP contribution is -2.52. The maximum Gasteiger partial charge on any atom is 0.326 e. The average Bonchev–Trinajstić information content (AvgIpc) is 2.83. The molecule has 1 aliphatic heterocycles. The number of aromatic amines is 1. The van der Waals surface area contributed by atoms with Gasteiger partial charge in [0.2, 0.25) is 5.91 Å². The van der Waals surface area contributed by atoms with Gasteiger partial charge in [-0.3, -0.25) is 9.36 Å². The van der Waals surface area contributed by atoms with Crippen LogP contribution in [0.4, 0.5) is 0 Å². The van der Waals surface area contributed by atoms with Crippen LogP contribution in [0.2, 0.25) is 0 Å². The fourth-order valence-electron chi connectivity index (χ4n) is 3.30. The number of carbonyl (C=O) groups is 1. The lowest BCUT2D eigenvalue weighted by Gasteiger charge is -2.38. The van der Waals surface area contributed by atoms with E-state index in [0.717, 1.165) is 36.8 Å². The van der Waals surface area contributed by atoms with Gasteiger partial charge in [-0.15, -0.1) is 0 Å². The number of hydrogen-bond donors (Lipinski definition) is 2. The molecule has 0 saturated carbocycles. The third-order valence-corrected chi connectivity index (χ3v) is 4.45. The van der Waals surface area contributed by atoms with E-state index in [9.17, 15) is 9.59 Å². The zero-order chi connectivity index (χ0) is 15.7. The van der Waals surface area contributed by atoms with Crippen molar-refractivity contribution in [2.45, 2.75) is 44.8 Å². The van der Waals surface area contributed by atoms with E-state index in [-0.39, 0.29) is 30.2 Å². The fraction of sp³-hybridized carbons (Fsp3) is 0.500. The summed E-state index contributed by atoms with van der Waals surface area (Å²) in [5, 5.41) is 0. The monoisotopic (exact) mass is 302 g/mol. The molecule has 2 unspecified atom stereocenters. The first-order valence-electron chi connectivity index (χ1n) is 7.80. The molecule has 0 spiro atoms. The number of nitrogens with zero attached hydrogens (tertiary/aromatic N) is 2. The van der Waals surface area contributed by atoms with E-state index in [4.69, 9.17) is 5.73 Å². The van der Waals surface area contributed by atoms with Crippen molar-refractivity contribution >= 4 is 16.9 Å². The Morgan fingerprint density at radius 1 is 1.41 bits per heavy atom. The molecule has 2 heterocycles. The number of amides is 1. The standard InChI is InChI=1S/C16H22N4O2/c1-11(17)13-7-4-5-9-19(13)15(21)10-20-14-8-3-2-6-12(14)18-16(20)22/h2-3,6,8,11,13H,4-5,7,9-10,17H2,1H3,(H,18,22). The molecule has 1 aromatic heterocycles. The summed E-state index contributed by atoms with van der Waals surface area (Å²) in [6.07, 6.45) is 3.03. The summed E-state index contributed by atoms with van der Waals surface area (Å²) in [5.41, 5.74) is 7.29. The lowest BCUT2D eigenvalue weighted by atomic mass is 9.97. The van der Waals surface area contributed by atoms with Crippen molar-refractivity contribution in [3.63, 3.8) is 0 Å². The Balaban J connectivity index is 1.86. The Bertz CT molecular complexity index is 731. The molecule has 2 atom stereocenters. The van der Waals surface area contributed by atoms with Crippen molar-refractivity contribution in [1.29, 1.82) is 0 Å². The zero-order valence-corrected chi connectivity index (χ0v) is 12.8. The highest BCUT2D eigenvalue weighted by atomic mass is 16.2. The largest absolute Gasteiger partial charge is 0.337 e. The molecule has 1 fully saturated rings. The summed E-state index contributed by atoms with van der Waals surface area (Å²) in [5.74, 6) is -0.0335. The molecular formula is C16H22N4O2. The number of imidazole rings is 1. The average molecular weight is 302 g/mol. The summed E-state index contributed by atoms with van der Waals surface area (Å²) in [4.78, 5) is 29.4. The van der Waals surface area contributed by atoms with Crippen LogP contribution in [-0.2, 0) is 11.3 Å². The maximum atomic E-state index is 12.7. The van der Waals surface area contributed by atoms with Crippen LogP contribution in [0.3, 0.4) is 0 Å². The van der Waals surface area contributed by atoms with Crippen LogP contribution in [0.5, 0.6) is 0 Å². The highest BCUT2D eigenvalue weighted by Crippen LogP contribution is 2.20. The lowest BCUT2D eigenvalue weighted by molar-refractivity contribution is -0.136. The minimum atomic E-state index is -0.246. The number of hydrogen-bond acceptors (Lipinski definition) is 3. The summed E-state index contributed by atoms with van der Waals surface area (Å²) >= 11 is 0. The van der Waals surface area contributed by atoms with Crippen molar-refractivity contribution in [3.8, 4) is 0 Å². The number of likely N-dealkylation sites (tertiary alicyclic amines) is 1. The molecule has 2 aromatic rings. The first-order valence-corrected chi connectivity index (χ1v) is 7.80. The van der Waals surface area contributed by atoms with Crippen molar-refractivity contribution in [1.82, 2.24) is 14.5 Å². The number of carbonyl (C=O) groups excluding carboxylic acids is 1. The van der Waals surface area contributed by atoms with Gasteiger partial charge in [-0.05, 0) is 38.3 Å². The zero-order valence-electron chi connectivity index (χ0n) is 12.8. The number of nitrogens with two attached hydrogens (primary N) is 1. The van der Waals surface area contributed by atoms with Gasteiger partial charge in [0.25, 0.3) is 0 Å². The van der Waals surface area contributed by atoms with Crippen LogP contribution >= 0.6 is 0 Å². The quantitative estimate of drug-likeness (QED) is 0.889. The fourth-order valence-corrected chi connectivity index (χ4v) is 3.30. The molecule has 1 aliphatic rings. The molecule has 3 N–H and O–H groups in total. The summed E-state index contributed by atoms with van der Waals surface area (Å²) in [7, 11) is 0. The number of para-hydroxylation sites is 2. The van der Waals surface area contributed by atoms with Crippen LogP contribution < -0.4 is 11.4 Å². The van der Waals surface area contributed by atoms with E-state index >= 15 is 0 Å². The topological polar surface area (TPSA) is 84.1 Å². The second-order valence-corrected chi connectivity index (χ2v) is 6.04. The van der Waals surface area contributed by atoms with E-state index in [0.29, 0.717) is 0 Å². The van der Waals surface area contributed by atoms with Gasteiger partial charge in [-0.1, -0.05) is 12.1 Å². The van der Waals surface area contributed by atoms with Crippen LogP contribution in [0.1, 0.15) is 26.2 Å². The number of fused-ring (bicyclic) bond motifs is 1. The number of piperidine rings is 1. The van der Waals surface area contributed by atoms with Gasteiger partial charge in [0.1, 0.15) is 6.54 Å². The molecule has 118 valence electrons. The molecule has 3 rings (SSSR count). The van der Waals surface area contributed by atoms with Crippen LogP contribution in [-0.4, -0.2) is 39.0 Å². The van der Waals surface area contributed by atoms with Gasteiger partial charge in [0, 0.05) is 18.6 Å². The molecule has 1 saturated heterocycles. The Hall–Kier alpha value is -2.08. The predicted octanol–water partition coefficient (Wildman–Crippen LogP) is 1.06. The Labute approximate surface area is 128 Å². The summed E-state index contributed by atoms with van der Waals surface area (Å²) in [6, 6.07) is 7.43. The highest BCUT2D eigenvalue weighted by molar-refractivity contribution is 5.80. The van der Waals surface area contributed by atoms with E-state index in [2.05, 4.69) is 4.98 Å². The van der Waals surface area contributed by atoms with Gasteiger partial charge < -0.3 is 15.6 Å². The molecule has 0 bridgehead atoms. The number of aromatic nitrogens is 2. The van der Waals surface area contributed by atoms with Crippen LogP contribution in [0.15, 0.2) is 29.1 Å². The first-order chi connectivity index (χ1) is 10.6. The van der Waals surface area contributed by atoms with Crippen molar-refractivity contribution < 1.29 is 4.79 Å². The molecular weight excluding hydrogens is 280 g/mol. The smallest absolute Gasteiger partial charge is 0.326 e. The first kappa shape index (κ1) is 14.8. The number of rotatable bonds is 3. The molecule has 0 radical (unpaired) electrons. The minimum Gasteiger partial charge on any atom is -0.337 e. The van der Waals surface area contributed by atoms with Crippen molar-refractivity contribution in [2.24, 2.45) is 5.73 Å². The normalized spacial score (nSPS) is 20.3. The Kier molecular flexibility index (Phi) is 4.02. The minimum absolute atomic E-state index is 0.0335. The van der Waals surface area contributed by atoms with Crippen molar-refractivity contribution in [2.75, 3.05) is 6.54 Å². The summed E-state index contributed by atoms with van der Waals surface area (Å²) < 4.78 is 1.50. The van der Waals surface area contributed by atoms with Crippen LogP contribution in [0.25, 0.3) is 11.0 Å². The second-order valence-electron chi connectivity index (χ2n) is 6.04. The molecule has 1 amide bonds. The molecule has 6 nitrogen and oxygen atoms in total. The van der Waals surface area contributed by atoms with Crippen LogP contribution in [0, 0.1) is 0 Å². The summed E-state index contributed by atoms with van der Waals surface area (Å²) in [6.45, 7) is 2.72. The number of nitrogens with one attached hydrogen (secondary N) is 1. The van der Waals surface area contributed by atoms with E-state index in [1.807, 2.05) is 36.1 Å². The van der Waals surface area contributed by atoms with Gasteiger partial charge in [-0.2, -0.15) is 0 Å². The Morgan fingerprint density at radius 2 is 2.18 bits per heavy atom. The van der Waals surface area contributed by atoms with E-state index in [1.165, 1.54) is 4.57 Å². The second kappa shape index (κ2) is 5.96. The van der Waals surface area contributed by atoms with E-state index < -0.39 is 0 Å². The molecule has 1 aromatic carbocycles. The SMILES string of the molecule is CC(N)C1CCCCN1C(=O)Cn1c(=O)[nH]c2ccccc21.